The fourth-order valence-corrected chi connectivity index (χ4v) is 2.21. The van der Waals surface area contributed by atoms with Crippen LogP contribution in [-0.4, -0.2) is 24.5 Å². The lowest BCUT2D eigenvalue weighted by atomic mass is 9.91. The van der Waals surface area contributed by atoms with Gasteiger partial charge in [0.15, 0.2) is 0 Å². The lowest BCUT2D eigenvalue weighted by molar-refractivity contribution is 0.221. The zero-order chi connectivity index (χ0) is 10.7. The van der Waals surface area contributed by atoms with Crippen LogP contribution in [0.4, 0.5) is 0 Å². The fourth-order valence-electron chi connectivity index (χ4n) is 2.21. The van der Waals surface area contributed by atoms with Crippen LogP contribution in [0.1, 0.15) is 40.5 Å². The van der Waals surface area contributed by atoms with Crippen molar-refractivity contribution in [1.29, 1.82) is 0 Å². The minimum Gasteiger partial charge on any atom is -0.303 e. The number of hydrogen-bond acceptors (Lipinski definition) is 1. The topological polar surface area (TPSA) is 3.24 Å². The Kier molecular flexibility index (Phi) is 4.18. The predicted molar refractivity (Wildman–Crippen MR) is 63.4 cm³/mol. The van der Waals surface area contributed by atoms with Crippen molar-refractivity contribution in [2.45, 2.75) is 46.6 Å². The van der Waals surface area contributed by atoms with Gasteiger partial charge in [-0.25, -0.2) is 0 Å². The summed E-state index contributed by atoms with van der Waals surface area (Å²) in [4.78, 5) is 2.48. The van der Waals surface area contributed by atoms with Gasteiger partial charge in [0.25, 0.3) is 0 Å². The third-order valence-corrected chi connectivity index (χ3v) is 3.42. The summed E-state index contributed by atoms with van der Waals surface area (Å²) in [5, 5.41) is 0. The molecule has 0 amide bonds. The highest BCUT2D eigenvalue weighted by Gasteiger charge is 2.17. The average molecular weight is 195 g/mol. The van der Waals surface area contributed by atoms with Crippen molar-refractivity contribution in [2.24, 2.45) is 11.8 Å². The Morgan fingerprint density at radius 3 is 2.57 bits per heavy atom. The minimum absolute atomic E-state index is 0.708. The van der Waals surface area contributed by atoms with Gasteiger partial charge in [-0.1, -0.05) is 32.4 Å². The maximum absolute atomic E-state index is 2.49. The molecule has 1 nitrogen and oxygen atoms in total. The molecule has 14 heavy (non-hydrogen) atoms. The largest absolute Gasteiger partial charge is 0.303 e. The molecule has 0 aliphatic carbocycles. The van der Waals surface area contributed by atoms with Crippen molar-refractivity contribution in [3.63, 3.8) is 0 Å². The summed E-state index contributed by atoms with van der Waals surface area (Å²) in [6.45, 7) is 10.5. The molecular formula is C13H25N. The van der Waals surface area contributed by atoms with Crippen LogP contribution >= 0.6 is 0 Å². The van der Waals surface area contributed by atoms with E-state index >= 15 is 0 Å². The summed E-state index contributed by atoms with van der Waals surface area (Å²) in [7, 11) is 2.25. The van der Waals surface area contributed by atoms with Gasteiger partial charge in [0.1, 0.15) is 0 Å². The Bertz CT molecular complexity index is 205. The Balaban J connectivity index is 2.72. The molecule has 0 aromatic heterocycles. The maximum Gasteiger partial charge on any atom is 0.00671 e. The van der Waals surface area contributed by atoms with E-state index in [1.807, 2.05) is 0 Å². The monoisotopic (exact) mass is 195 g/mol. The molecule has 1 heterocycles. The van der Waals surface area contributed by atoms with Crippen LogP contribution in [0, 0.1) is 11.8 Å². The molecule has 1 aliphatic heterocycles. The van der Waals surface area contributed by atoms with E-state index in [4.69, 9.17) is 0 Å². The highest BCUT2D eigenvalue weighted by molar-refractivity contribution is 5.08. The summed E-state index contributed by atoms with van der Waals surface area (Å²) in [6, 6.07) is 0.736. The Labute approximate surface area is 89.2 Å². The predicted octanol–water partition coefficient (Wildman–Crippen LogP) is 3.32. The van der Waals surface area contributed by atoms with Gasteiger partial charge in [0.05, 0.1) is 0 Å². The van der Waals surface area contributed by atoms with E-state index in [0.717, 1.165) is 12.0 Å². The molecule has 82 valence electrons. The zero-order valence-corrected chi connectivity index (χ0v) is 10.4. The van der Waals surface area contributed by atoms with Crippen LogP contribution in [0.2, 0.25) is 0 Å². The molecule has 1 aliphatic rings. The van der Waals surface area contributed by atoms with Gasteiger partial charge < -0.3 is 4.90 Å². The number of rotatable bonds is 1. The van der Waals surface area contributed by atoms with Crippen LogP contribution in [0.15, 0.2) is 11.6 Å². The molecule has 0 fully saturated rings. The second-order valence-corrected chi connectivity index (χ2v) is 5.20. The van der Waals surface area contributed by atoms with E-state index in [9.17, 15) is 0 Å². The zero-order valence-electron chi connectivity index (χ0n) is 10.4. The van der Waals surface area contributed by atoms with Crippen LogP contribution in [0.25, 0.3) is 0 Å². The number of nitrogens with zero attached hydrogens (tertiary/aromatic N) is 1. The fraction of sp³-hybridized carbons (Fsp3) is 0.846. The van der Waals surface area contributed by atoms with Crippen LogP contribution < -0.4 is 0 Å². The molecule has 0 spiro atoms. The normalized spacial score (nSPS) is 34.9. The Morgan fingerprint density at radius 2 is 2.00 bits per heavy atom. The molecule has 0 radical (unpaired) electrons. The first-order valence-corrected chi connectivity index (χ1v) is 5.91. The lowest BCUT2D eigenvalue weighted by Crippen LogP contribution is -2.34. The van der Waals surface area contributed by atoms with Crippen molar-refractivity contribution < 1.29 is 0 Å². The summed E-state index contributed by atoms with van der Waals surface area (Å²) in [6.07, 6.45) is 5.09. The number of hydrogen-bond donors (Lipinski definition) is 0. The smallest absolute Gasteiger partial charge is 0.00671 e. The van der Waals surface area contributed by atoms with E-state index in [-0.39, 0.29) is 0 Å². The van der Waals surface area contributed by atoms with E-state index in [1.54, 1.807) is 5.57 Å². The molecule has 1 heteroatoms. The molecule has 2 unspecified atom stereocenters. The lowest BCUT2D eigenvalue weighted by Gasteiger charge is -2.30. The third-order valence-electron chi connectivity index (χ3n) is 3.42. The maximum atomic E-state index is 2.49. The Hall–Kier alpha value is -0.300. The van der Waals surface area contributed by atoms with E-state index in [1.165, 1.54) is 19.4 Å². The van der Waals surface area contributed by atoms with E-state index in [2.05, 4.69) is 45.7 Å². The SMILES string of the molecule is CC1/C=C(\C(C)C)CCC(C)N(C)C1. The first-order valence-electron chi connectivity index (χ1n) is 5.91. The molecule has 0 saturated heterocycles. The van der Waals surface area contributed by atoms with Crippen molar-refractivity contribution in [3.05, 3.63) is 11.6 Å². The van der Waals surface area contributed by atoms with E-state index < -0.39 is 0 Å². The van der Waals surface area contributed by atoms with Gasteiger partial charge in [-0.15, -0.1) is 0 Å². The highest BCUT2D eigenvalue weighted by atomic mass is 15.1. The molecule has 0 saturated carbocycles. The molecule has 2 atom stereocenters. The van der Waals surface area contributed by atoms with Gasteiger partial charge in [0, 0.05) is 12.6 Å². The molecule has 0 N–H and O–H groups in total. The standard InChI is InChI=1S/C13H25N/c1-10(2)13-7-6-12(4)14(5)9-11(3)8-13/h8,10-12H,6-7,9H2,1-5H3/b13-8-. The molecular weight excluding hydrogens is 170 g/mol. The second kappa shape index (κ2) is 4.97. The van der Waals surface area contributed by atoms with Gasteiger partial charge >= 0.3 is 0 Å². The van der Waals surface area contributed by atoms with Gasteiger partial charge in [-0.3, -0.25) is 0 Å². The van der Waals surface area contributed by atoms with Crippen molar-refractivity contribution in [1.82, 2.24) is 4.90 Å². The van der Waals surface area contributed by atoms with Crippen LogP contribution in [0.5, 0.6) is 0 Å². The summed E-state index contributed by atoms with van der Waals surface area (Å²) in [5.41, 5.74) is 1.66. The minimum atomic E-state index is 0.708. The summed E-state index contributed by atoms with van der Waals surface area (Å²) < 4.78 is 0. The summed E-state index contributed by atoms with van der Waals surface area (Å²) in [5.74, 6) is 1.44. The average Bonchev–Trinajstić information content (AvgIpc) is 2.09. The highest BCUT2D eigenvalue weighted by Crippen LogP contribution is 2.23. The van der Waals surface area contributed by atoms with Gasteiger partial charge in [-0.2, -0.15) is 0 Å². The number of allylic oxidation sites excluding steroid dienone is 1. The third kappa shape index (κ3) is 3.13. The first kappa shape index (κ1) is 11.8. The molecule has 1 rings (SSSR count). The molecule has 0 bridgehead atoms. The van der Waals surface area contributed by atoms with Gasteiger partial charge in [-0.05, 0) is 38.6 Å². The van der Waals surface area contributed by atoms with Crippen LogP contribution in [0.3, 0.4) is 0 Å². The second-order valence-electron chi connectivity index (χ2n) is 5.20. The Morgan fingerprint density at radius 1 is 1.36 bits per heavy atom. The summed E-state index contributed by atoms with van der Waals surface area (Å²) >= 11 is 0. The van der Waals surface area contributed by atoms with Crippen molar-refractivity contribution in [2.75, 3.05) is 13.6 Å². The van der Waals surface area contributed by atoms with E-state index in [0.29, 0.717) is 5.92 Å². The molecule has 0 aromatic carbocycles. The van der Waals surface area contributed by atoms with Gasteiger partial charge in [0.2, 0.25) is 0 Å². The molecule has 0 aromatic rings. The quantitative estimate of drug-likeness (QED) is 0.580. The van der Waals surface area contributed by atoms with Crippen LogP contribution in [-0.2, 0) is 0 Å². The van der Waals surface area contributed by atoms with Crippen molar-refractivity contribution in [3.8, 4) is 0 Å². The van der Waals surface area contributed by atoms with Crippen molar-refractivity contribution >= 4 is 0 Å². The first-order chi connectivity index (χ1) is 6.50.